The smallest absolute Gasteiger partial charge is 0.237 e. The SMILES string of the molecule is CN(C)CC12CNCC1CN(C(=O)CNS(C)(=O)=O)C2. The Morgan fingerprint density at radius 2 is 2.20 bits per heavy atom. The van der Waals surface area contributed by atoms with Crippen molar-refractivity contribution in [2.24, 2.45) is 11.3 Å². The fourth-order valence-corrected chi connectivity index (χ4v) is 3.76. The van der Waals surface area contributed by atoms with E-state index >= 15 is 0 Å². The predicted molar refractivity (Wildman–Crippen MR) is 76.8 cm³/mol. The number of likely N-dealkylation sites (tertiary alicyclic amines) is 1. The zero-order valence-electron chi connectivity index (χ0n) is 12.3. The van der Waals surface area contributed by atoms with E-state index in [0.29, 0.717) is 19.0 Å². The highest BCUT2D eigenvalue weighted by atomic mass is 32.2. The van der Waals surface area contributed by atoms with Crippen LogP contribution in [0.15, 0.2) is 0 Å². The Balaban J connectivity index is 1.98. The van der Waals surface area contributed by atoms with Crippen LogP contribution in [0.5, 0.6) is 0 Å². The molecule has 2 rings (SSSR count). The van der Waals surface area contributed by atoms with Gasteiger partial charge in [0.15, 0.2) is 0 Å². The van der Waals surface area contributed by atoms with Crippen molar-refractivity contribution in [2.45, 2.75) is 0 Å². The van der Waals surface area contributed by atoms with Crippen molar-refractivity contribution in [3.05, 3.63) is 0 Å². The third kappa shape index (κ3) is 3.49. The van der Waals surface area contributed by atoms with E-state index in [1.165, 1.54) is 0 Å². The maximum atomic E-state index is 12.1. The minimum atomic E-state index is -3.32. The van der Waals surface area contributed by atoms with Crippen molar-refractivity contribution < 1.29 is 13.2 Å². The molecular weight excluding hydrogens is 280 g/mol. The van der Waals surface area contributed by atoms with Crippen LogP contribution >= 0.6 is 0 Å². The number of hydrogen-bond acceptors (Lipinski definition) is 5. The van der Waals surface area contributed by atoms with Gasteiger partial charge in [0, 0.05) is 38.1 Å². The van der Waals surface area contributed by atoms with Crippen LogP contribution in [0.25, 0.3) is 0 Å². The van der Waals surface area contributed by atoms with E-state index in [1.807, 2.05) is 14.1 Å². The Morgan fingerprint density at radius 1 is 1.50 bits per heavy atom. The number of carbonyl (C=O) groups is 1. The fourth-order valence-electron chi connectivity index (χ4n) is 3.37. The summed E-state index contributed by atoms with van der Waals surface area (Å²) in [5.74, 6) is 0.315. The first-order valence-electron chi connectivity index (χ1n) is 6.80. The van der Waals surface area contributed by atoms with Gasteiger partial charge in [-0.15, -0.1) is 0 Å². The molecule has 2 N–H and O–H groups in total. The van der Waals surface area contributed by atoms with Crippen LogP contribution < -0.4 is 10.0 Å². The number of fused-ring (bicyclic) bond motifs is 1. The van der Waals surface area contributed by atoms with E-state index in [-0.39, 0.29) is 17.9 Å². The first-order chi connectivity index (χ1) is 9.22. The molecule has 0 aromatic heterocycles. The highest BCUT2D eigenvalue weighted by Gasteiger charge is 2.50. The standard InChI is InChI=1S/C12H24N4O3S/c1-15(2)8-12-7-13-4-10(12)6-16(9-12)11(17)5-14-20(3,18)19/h10,13-14H,4-9H2,1-3H3. The lowest BCUT2D eigenvalue weighted by atomic mass is 9.80. The number of hydrogen-bond donors (Lipinski definition) is 2. The van der Waals surface area contributed by atoms with Gasteiger partial charge in [0.2, 0.25) is 15.9 Å². The molecule has 2 fully saturated rings. The van der Waals surface area contributed by atoms with Gasteiger partial charge in [-0.25, -0.2) is 13.1 Å². The molecule has 0 aromatic carbocycles. The van der Waals surface area contributed by atoms with Crippen LogP contribution in [-0.2, 0) is 14.8 Å². The Hall–Kier alpha value is -0.700. The van der Waals surface area contributed by atoms with Gasteiger partial charge >= 0.3 is 0 Å². The third-order valence-electron chi connectivity index (χ3n) is 4.15. The molecule has 1 amide bonds. The second-order valence-electron chi connectivity index (χ2n) is 6.30. The molecule has 2 unspecified atom stereocenters. The van der Waals surface area contributed by atoms with Crippen LogP contribution in [0.2, 0.25) is 0 Å². The largest absolute Gasteiger partial charge is 0.341 e. The summed E-state index contributed by atoms with van der Waals surface area (Å²) in [5, 5.41) is 3.41. The molecular formula is C12H24N4O3S. The number of rotatable bonds is 5. The third-order valence-corrected chi connectivity index (χ3v) is 4.82. The monoisotopic (exact) mass is 304 g/mol. The maximum Gasteiger partial charge on any atom is 0.237 e. The molecule has 0 spiro atoms. The van der Waals surface area contributed by atoms with E-state index in [4.69, 9.17) is 0 Å². The fraction of sp³-hybridized carbons (Fsp3) is 0.917. The van der Waals surface area contributed by atoms with Crippen LogP contribution in [0, 0.1) is 11.3 Å². The summed E-state index contributed by atoms with van der Waals surface area (Å²) in [6.07, 6.45) is 1.07. The van der Waals surface area contributed by atoms with E-state index in [2.05, 4.69) is 14.9 Å². The van der Waals surface area contributed by atoms with Gasteiger partial charge < -0.3 is 15.1 Å². The minimum Gasteiger partial charge on any atom is -0.341 e. The average Bonchev–Trinajstić information content (AvgIpc) is 2.79. The Bertz CT molecular complexity index is 479. The molecule has 0 aromatic rings. The van der Waals surface area contributed by atoms with Crippen molar-refractivity contribution >= 4 is 15.9 Å². The Morgan fingerprint density at radius 3 is 2.80 bits per heavy atom. The predicted octanol–water partition coefficient (Wildman–Crippen LogP) is -1.85. The second kappa shape index (κ2) is 5.59. The van der Waals surface area contributed by atoms with Crippen LogP contribution in [0.3, 0.4) is 0 Å². The summed E-state index contributed by atoms with van der Waals surface area (Å²) in [6.45, 7) is 4.06. The molecule has 0 aliphatic carbocycles. The highest BCUT2D eigenvalue weighted by Crippen LogP contribution is 2.39. The van der Waals surface area contributed by atoms with E-state index < -0.39 is 10.0 Å². The topological polar surface area (TPSA) is 81.8 Å². The molecule has 2 aliphatic heterocycles. The van der Waals surface area contributed by atoms with E-state index in [0.717, 1.165) is 25.9 Å². The molecule has 116 valence electrons. The molecule has 7 nitrogen and oxygen atoms in total. The lowest BCUT2D eigenvalue weighted by Gasteiger charge is -2.31. The lowest BCUT2D eigenvalue weighted by molar-refractivity contribution is -0.129. The Kier molecular flexibility index (Phi) is 4.38. The van der Waals surface area contributed by atoms with Crippen LogP contribution in [-0.4, -0.2) is 83.7 Å². The van der Waals surface area contributed by atoms with Gasteiger partial charge in [-0.05, 0) is 20.0 Å². The van der Waals surface area contributed by atoms with Gasteiger partial charge in [0.25, 0.3) is 0 Å². The summed E-state index contributed by atoms with van der Waals surface area (Å²) in [6, 6.07) is 0. The van der Waals surface area contributed by atoms with E-state index in [9.17, 15) is 13.2 Å². The Labute approximate surface area is 120 Å². The van der Waals surface area contributed by atoms with Gasteiger partial charge in [-0.1, -0.05) is 0 Å². The number of nitrogens with one attached hydrogen (secondary N) is 2. The molecule has 0 radical (unpaired) electrons. The summed E-state index contributed by atoms with van der Waals surface area (Å²) >= 11 is 0. The van der Waals surface area contributed by atoms with Gasteiger partial charge in [0.05, 0.1) is 12.8 Å². The summed E-state index contributed by atoms with van der Waals surface area (Å²) in [4.78, 5) is 16.1. The van der Waals surface area contributed by atoms with Gasteiger partial charge in [0.1, 0.15) is 0 Å². The van der Waals surface area contributed by atoms with Crippen LogP contribution in [0.4, 0.5) is 0 Å². The van der Waals surface area contributed by atoms with Crippen molar-refractivity contribution in [3.63, 3.8) is 0 Å². The lowest BCUT2D eigenvalue weighted by Crippen LogP contribution is -2.44. The molecule has 2 heterocycles. The maximum absolute atomic E-state index is 12.1. The number of amides is 1. The molecule has 0 bridgehead atoms. The van der Waals surface area contributed by atoms with Crippen molar-refractivity contribution in [1.82, 2.24) is 19.8 Å². The number of nitrogens with zero attached hydrogens (tertiary/aromatic N) is 2. The average molecular weight is 304 g/mol. The first-order valence-corrected chi connectivity index (χ1v) is 8.69. The first kappa shape index (κ1) is 15.7. The summed E-state index contributed by atoms with van der Waals surface area (Å²) in [5.41, 5.74) is 0.101. The summed E-state index contributed by atoms with van der Waals surface area (Å²) < 4.78 is 24.4. The van der Waals surface area contributed by atoms with Crippen molar-refractivity contribution in [1.29, 1.82) is 0 Å². The summed E-state index contributed by atoms with van der Waals surface area (Å²) in [7, 11) is 0.763. The zero-order chi connectivity index (χ0) is 15.0. The van der Waals surface area contributed by atoms with Crippen molar-refractivity contribution in [2.75, 3.05) is 59.6 Å². The van der Waals surface area contributed by atoms with Crippen LogP contribution in [0.1, 0.15) is 0 Å². The molecule has 2 atom stereocenters. The minimum absolute atomic E-state index is 0.101. The molecule has 20 heavy (non-hydrogen) atoms. The van der Waals surface area contributed by atoms with E-state index in [1.54, 1.807) is 4.90 Å². The quantitative estimate of drug-likeness (QED) is 0.623. The van der Waals surface area contributed by atoms with Gasteiger partial charge in [-0.3, -0.25) is 4.79 Å². The number of sulfonamides is 1. The van der Waals surface area contributed by atoms with Gasteiger partial charge in [-0.2, -0.15) is 0 Å². The molecule has 2 saturated heterocycles. The highest BCUT2D eigenvalue weighted by molar-refractivity contribution is 7.88. The normalized spacial score (nSPS) is 30.0. The molecule has 0 saturated carbocycles. The number of carbonyl (C=O) groups excluding carboxylic acids is 1. The molecule has 8 heteroatoms. The zero-order valence-corrected chi connectivity index (χ0v) is 13.2. The van der Waals surface area contributed by atoms with Crippen molar-refractivity contribution in [3.8, 4) is 0 Å². The second-order valence-corrected chi connectivity index (χ2v) is 8.13. The molecule has 2 aliphatic rings.